The molecule has 1 aliphatic rings. The van der Waals surface area contributed by atoms with Gasteiger partial charge < -0.3 is 4.74 Å². The Bertz CT molecular complexity index is 152. The van der Waals surface area contributed by atoms with Crippen molar-refractivity contribution in [2.24, 2.45) is 0 Å². The number of ether oxygens (including phenoxy) is 1. The molecule has 0 aromatic heterocycles. The average Bonchev–Trinajstić information content (AvgIpc) is 2.34. The van der Waals surface area contributed by atoms with Crippen LogP contribution in [0.5, 0.6) is 0 Å². The predicted octanol–water partition coefficient (Wildman–Crippen LogP) is 2.02. The van der Waals surface area contributed by atoms with E-state index >= 15 is 0 Å². The zero-order valence-electron chi connectivity index (χ0n) is 5.34. The quantitative estimate of drug-likeness (QED) is 0.309. The summed E-state index contributed by atoms with van der Waals surface area (Å²) in [6, 6.07) is 0. The van der Waals surface area contributed by atoms with Crippen LogP contribution < -0.4 is 0 Å². The van der Waals surface area contributed by atoms with Crippen molar-refractivity contribution in [3.05, 3.63) is 30.7 Å². The highest BCUT2D eigenvalue weighted by Crippen LogP contribution is 2.12. The molecule has 0 spiro atoms. The summed E-state index contributed by atoms with van der Waals surface area (Å²) < 4.78 is 5.17. The number of allylic oxidation sites excluding steroid dienone is 1. The van der Waals surface area contributed by atoms with E-state index < -0.39 is 0 Å². The average molecular weight is 122 g/mol. The molecule has 0 aliphatic heterocycles. The monoisotopic (exact) mass is 122 g/mol. The fourth-order valence-electron chi connectivity index (χ4n) is 0.854. The van der Waals surface area contributed by atoms with Crippen LogP contribution in [-0.2, 0) is 4.74 Å². The van der Waals surface area contributed by atoms with Crippen LogP contribution in [0, 0.1) is 0 Å². The minimum Gasteiger partial charge on any atom is -0.486 e. The lowest BCUT2D eigenvalue weighted by Gasteiger charge is -2.03. The van der Waals surface area contributed by atoms with Crippen molar-refractivity contribution in [1.29, 1.82) is 0 Å². The molecule has 0 saturated carbocycles. The van der Waals surface area contributed by atoms with Gasteiger partial charge in [0.05, 0.1) is 0 Å². The fourth-order valence-corrected chi connectivity index (χ4v) is 0.854. The summed E-state index contributed by atoms with van der Waals surface area (Å²) in [7, 11) is 0. The van der Waals surface area contributed by atoms with Crippen LogP contribution >= 0.6 is 0 Å². The Labute approximate surface area is 55.3 Å². The first-order valence-electron chi connectivity index (χ1n) is 3.10. The lowest BCUT2D eigenvalue weighted by Crippen LogP contribution is -1.99. The molecule has 1 atom stereocenters. The second-order valence-electron chi connectivity index (χ2n) is 2.00. The molecule has 1 rings (SSSR count). The standard InChI is InChI=1S/C8H10O/c1-2-7-9-8-5-3-4-6-8/h3,5,7-8H,1,4,6H2. The van der Waals surface area contributed by atoms with E-state index in [0.717, 1.165) is 12.8 Å². The molecule has 0 heterocycles. The maximum atomic E-state index is 5.17. The van der Waals surface area contributed by atoms with Crippen molar-refractivity contribution in [3.8, 4) is 0 Å². The second-order valence-corrected chi connectivity index (χ2v) is 2.00. The molecule has 0 amide bonds. The summed E-state index contributed by atoms with van der Waals surface area (Å²) in [5, 5.41) is 0. The summed E-state index contributed by atoms with van der Waals surface area (Å²) in [4.78, 5) is 0. The summed E-state index contributed by atoms with van der Waals surface area (Å²) in [5.74, 6) is 0. The molecule has 0 bridgehead atoms. The maximum Gasteiger partial charge on any atom is 0.125 e. The molecule has 1 heteroatoms. The molecule has 1 nitrogen and oxygen atoms in total. The maximum absolute atomic E-state index is 5.17. The Kier molecular flexibility index (Phi) is 2.17. The van der Waals surface area contributed by atoms with Crippen molar-refractivity contribution in [3.63, 3.8) is 0 Å². The first kappa shape index (κ1) is 6.18. The smallest absolute Gasteiger partial charge is 0.125 e. The van der Waals surface area contributed by atoms with E-state index in [1.165, 1.54) is 6.26 Å². The molecule has 48 valence electrons. The molecule has 0 saturated heterocycles. The zero-order chi connectivity index (χ0) is 6.53. The van der Waals surface area contributed by atoms with Crippen LogP contribution in [0.4, 0.5) is 0 Å². The van der Waals surface area contributed by atoms with Crippen molar-refractivity contribution in [1.82, 2.24) is 0 Å². The largest absolute Gasteiger partial charge is 0.486 e. The van der Waals surface area contributed by atoms with Crippen LogP contribution in [0.15, 0.2) is 30.7 Å². The Balaban J connectivity index is 2.27. The fraction of sp³-hybridized carbons (Fsp3) is 0.375. The first-order chi connectivity index (χ1) is 4.43. The normalized spacial score (nSPS) is 23.3. The topological polar surface area (TPSA) is 9.23 Å². The van der Waals surface area contributed by atoms with Crippen LogP contribution in [-0.4, -0.2) is 6.10 Å². The number of hydrogen-bond donors (Lipinski definition) is 0. The predicted molar refractivity (Wildman–Crippen MR) is 37.0 cm³/mol. The van der Waals surface area contributed by atoms with Crippen LogP contribution in [0.2, 0.25) is 0 Å². The summed E-state index contributed by atoms with van der Waals surface area (Å²) in [6.45, 7) is 3.39. The lowest BCUT2D eigenvalue weighted by atomic mass is 10.3. The van der Waals surface area contributed by atoms with Gasteiger partial charge in [0.1, 0.15) is 12.4 Å². The minimum absolute atomic E-state index is 0.277. The molecule has 0 aromatic rings. The zero-order valence-corrected chi connectivity index (χ0v) is 5.34. The van der Waals surface area contributed by atoms with Gasteiger partial charge in [-0.3, -0.25) is 0 Å². The number of hydrogen-bond acceptors (Lipinski definition) is 1. The molecular weight excluding hydrogens is 112 g/mol. The van der Waals surface area contributed by atoms with Gasteiger partial charge in [-0.15, -0.1) is 0 Å². The van der Waals surface area contributed by atoms with E-state index in [2.05, 4.69) is 24.5 Å². The molecule has 9 heavy (non-hydrogen) atoms. The van der Waals surface area contributed by atoms with Crippen LogP contribution in [0.1, 0.15) is 12.8 Å². The third kappa shape index (κ3) is 1.79. The van der Waals surface area contributed by atoms with Gasteiger partial charge in [-0.2, -0.15) is 0 Å². The van der Waals surface area contributed by atoms with Crippen molar-refractivity contribution >= 4 is 0 Å². The van der Waals surface area contributed by atoms with Crippen LogP contribution in [0.3, 0.4) is 0 Å². The van der Waals surface area contributed by atoms with E-state index in [9.17, 15) is 0 Å². The second kappa shape index (κ2) is 3.16. The van der Waals surface area contributed by atoms with Crippen LogP contribution in [0.25, 0.3) is 0 Å². The van der Waals surface area contributed by atoms with Crippen molar-refractivity contribution < 1.29 is 4.74 Å². The lowest BCUT2D eigenvalue weighted by molar-refractivity contribution is 0.187. The summed E-state index contributed by atoms with van der Waals surface area (Å²) in [5.41, 5.74) is 2.56. The molecule has 0 radical (unpaired) electrons. The Morgan fingerprint density at radius 3 is 3.22 bits per heavy atom. The minimum atomic E-state index is 0.277. The third-order valence-electron chi connectivity index (χ3n) is 1.29. The van der Waals surface area contributed by atoms with Gasteiger partial charge in [-0.1, -0.05) is 18.4 Å². The van der Waals surface area contributed by atoms with Gasteiger partial charge in [-0.25, -0.2) is 0 Å². The molecule has 1 aliphatic carbocycles. The first-order valence-corrected chi connectivity index (χ1v) is 3.10. The van der Waals surface area contributed by atoms with Gasteiger partial charge >= 0.3 is 0 Å². The Hall–Kier alpha value is -0.940. The molecule has 0 N–H and O–H groups in total. The highest BCUT2D eigenvalue weighted by atomic mass is 16.5. The third-order valence-corrected chi connectivity index (χ3v) is 1.29. The number of rotatable bonds is 2. The van der Waals surface area contributed by atoms with Gasteiger partial charge in [-0.05, 0) is 18.9 Å². The van der Waals surface area contributed by atoms with E-state index in [1.54, 1.807) is 0 Å². The van der Waals surface area contributed by atoms with Gasteiger partial charge in [0, 0.05) is 0 Å². The molecule has 0 aromatic carbocycles. The van der Waals surface area contributed by atoms with E-state index in [1.807, 2.05) is 0 Å². The highest BCUT2D eigenvalue weighted by Gasteiger charge is 2.06. The van der Waals surface area contributed by atoms with E-state index in [0.29, 0.717) is 0 Å². The van der Waals surface area contributed by atoms with Crippen molar-refractivity contribution in [2.75, 3.05) is 0 Å². The Morgan fingerprint density at radius 1 is 1.78 bits per heavy atom. The highest BCUT2D eigenvalue weighted by molar-refractivity contribution is 4.98. The van der Waals surface area contributed by atoms with E-state index in [-0.39, 0.29) is 6.10 Å². The van der Waals surface area contributed by atoms with E-state index in [4.69, 9.17) is 4.74 Å². The molecular formula is C8H10O. The SMILES string of the molecule is C=C=COC1C=CCC1. The summed E-state index contributed by atoms with van der Waals surface area (Å²) in [6.07, 6.45) is 8.21. The van der Waals surface area contributed by atoms with Gasteiger partial charge in [0.25, 0.3) is 0 Å². The Morgan fingerprint density at radius 2 is 2.67 bits per heavy atom. The molecule has 1 unspecified atom stereocenters. The van der Waals surface area contributed by atoms with Gasteiger partial charge in [0.2, 0.25) is 0 Å². The molecule has 0 fully saturated rings. The summed E-state index contributed by atoms with van der Waals surface area (Å²) >= 11 is 0. The van der Waals surface area contributed by atoms with Gasteiger partial charge in [0.15, 0.2) is 0 Å². The van der Waals surface area contributed by atoms with Crippen molar-refractivity contribution in [2.45, 2.75) is 18.9 Å².